The summed E-state index contributed by atoms with van der Waals surface area (Å²) in [5, 5.41) is 5.22. The minimum atomic E-state index is -3.72. The molecule has 1 fully saturated rings. The van der Waals surface area contributed by atoms with E-state index in [-0.39, 0.29) is 10.9 Å². The van der Waals surface area contributed by atoms with Crippen LogP contribution in [0.1, 0.15) is 43.4 Å². The SMILES string of the molecule is CN(C(=O)N1CC=C(C2=CCc3ncc(-c4ccc(S(N)(=O)=O)cc4)cc32)CC1)C1CCCC1. The average molecular weight is 479 g/mol. The quantitative estimate of drug-likeness (QED) is 0.719. The van der Waals surface area contributed by atoms with Crippen molar-refractivity contribution in [1.82, 2.24) is 14.8 Å². The first-order valence-corrected chi connectivity index (χ1v) is 13.4. The van der Waals surface area contributed by atoms with Gasteiger partial charge in [0.05, 0.1) is 10.6 Å². The smallest absolute Gasteiger partial charge is 0.320 e. The van der Waals surface area contributed by atoms with Crippen LogP contribution in [-0.4, -0.2) is 55.4 Å². The fraction of sp³-hybridized carbons (Fsp3) is 0.385. The Morgan fingerprint density at radius 2 is 1.85 bits per heavy atom. The van der Waals surface area contributed by atoms with E-state index in [0.29, 0.717) is 12.6 Å². The third-order valence-corrected chi connectivity index (χ3v) is 8.21. The number of fused-ring (bicyclic) bond motifs is 1. The summed E-state index contributed by atoms with van der Waals surface area (Å²) in [6.45, 7) is 1.34. The summed E-state index contributed by atoms with van der Waals surface area (Å²) in [5.74, 6) is 0. The van der Waals surface area contributed by atoms with Gasteiger partial charge in [-0.15, -0.1) is 0 Å². The number of primary sulfonamides is 1. The zero-order valence-corrected chi connectivity index (χ0v) is 20.2. The first kappa shape index (κ1) is 22.8. The minimum absolute atomic E-state index is 0.0935. The number of benzene rings is 1. The van der Waals surface area contributed by atoms with Crippen molar-refractivity contribution >= 4 is 21.6 Å². The van der Waals surface area contributed by atoms with E-state index in [1.807, 2.05) is 23.0 Å². The largest absolute Gasteiger partial charge is 0.325 e. The van der Waals surface area contributed by atoms with Gasteiger partial charge < -0.3 is 9.80 Å². The minimum Gasteiger partial charge on any atom is -0.325 e. The van der Waals surface area contributed by atoms with Crippen LogP contribution in [0.3, 0.4) is 0 Å². The molecule has 8 heteroatoms. The van der Waals surface area contributed by atoms with Crippen LogP contribution in [-0.2, 0) is 16.4 Å². The molecule has 2 N–H and O–H groups in total. The van der Waals surface area contributed by atoms with Gasteiger partial charge in [0.2, 0.25) is 10.0 Å². The van der Waals surface area contributed by atoms with Crippen LogP contribution in [0.15, 0.2) is 59.1 Å². The Labute approximate surface area is 201 Å². The van der Waals surface area contributed by atoms with Gasteiger partial charge >= 0.3 is 6.03 Å². The lowest BCUT2D eigenvalue weighted by molar-refractivity contribution is 0.150. The number of nitrogens with two attached hydrogens (primary N) is 1. The van der Waals surface area contributed by atoms with E-state index in [1.54, 1.807) is 12.1 Å². The molecule has 34 heavy (non-hydrogen) atoms. The number of urea groups is 1. The number of carbonyl (C=O) groups excluding carboxylic acids is 1. The second-order valence-corrected chi connectivity index (χ2v) is 10.9. The normalized spacial score (nSPS) is 18.5. The third kappa shape index (κ3) is 4.40. The Balaban J connectivity index is 1.32. The number of carbonyl (C=O) groups is 1. The summed E-state index contributed by atoms with van der Waals surface area (Å²) in [4.78, 5) is 21.6. The maximum absolute atomic E-state index is 13.0. The van der Waals surface area contributed by atoms with Crippen molar-refractivity contribution in [3.05, 3.63) is 65.5 Å². The first-order valence-electron chi connectivity index (χ1n) is 11.8. The Kier molecular flexibility index (Phi) is 6.04. The maximum atomic E-state index is 13.0. The van der Waals surface area contributed by atoms with Gasteiger partial charge in [0.15, 0.2) is 0 Å². The molecule has 178 valence electrons. The van der Waals surface area contributed by atoms with Crippen molar-refractivity contribution < 1.29 is 13.2 Å². The van der Waals surface area contributed by atoms with Gasteiger partial charge in [-0.3, -0.25) is 4.98 Å². The van der Waals surface area contributed by atoms with Crippen LogP contribution in [0.2, 0.25) is 0 Å². The van der Waals surface area contributed by atoms with Gasteiger partial charge in [-0.05, 0) is 54.2 Å². The molecule has 7 nitrogen and oxygen atoms in total. The van der Waals surface area contributed by atoms with Crippen LogP contribution in [0, 0.1) is 0 Å². The molecule has 5 rings (SSSR count). The summed E-state index contributed by atoms with van der Waals surface area (Å²) in [7, 11) is -1.78. The van der Waals surface area contributed by atoms with E-state index in [0.717, 1.165) is 54.6 Å². The second-order valence-electron chi connectivity index (χ2n) is 9.37. The van der Waals surface area contributed by atoms with E-state index >= 15 is 0 Å². The molecule has 2 aromatic rings. The van der Waals surface area contributed by atoms with Crippen molar-refractivity contribution in [3.63, 3.8) is 0 Å². The van der Waals surface area contributed by atoms with Crippen molar-refractivity contribution in [3.8, 4) is 11.1 Å². The summed E-state index contributed by atoms with van der Waals surface area (Å²) in [6.07, 6.45) is 12.5. The second kappa shape index (κ2) is 9.00. The molecule has 1 aromatic carbocycles. The molecule has 1 aromatic heterocycles. The Morgan fingerprint density at radius 3 is 2.50 bits per heavy atom. The molecule has 0 atom stereocenters. The summed E-state index contributed by atoms with van der Waals surface area (Å²) >= 11 is 0. The topological polar surface area (TPSA) is 96.6 Å². The standard InChI is InChI=1S/C26H30N4O3S/c1-29(21-4-2-3-5-21)26(31)30-14-12-19(13-15-30)23-10-11-25-24(23)16-20(17-28-25)18-6-8-22(9-7-18)34(27,32)33/h6-10,12,16-17,21H,2-5,11,13-15H2,1H3,(H2,27,32,33). The van der Waals surface area contributed by atoms with E-state index in [4.69, 9.17) is 5.14 Å². The van der Waals surface area contributed by atoms with Crippen molar-refractivity contribution in [2.75, 3.05) is 20.1 Å². The lowest BCUT2D eigenvalue weighted by Crippen LogP contribution is -2.46. The monoisotopic (exact) mass is 478 g/mol. The lowest BCUT2D eigenvalue weighted by atomic mass is 9.94. The number of allylic oxidation sites excluding steroid dienone is 2. The highest BCUT2D eigenvalue weighted by Crippen LogP contribution is 2.37. The van der Waals surface area contributed by atoms with Crippen molar-refractivity contribution in [2.24, 2.45) is 5.14 Å². The van der Waals surface area contributed by atoms with E-state index in [9.17, 15) is 13.2 Å². The number of aromatic nitrogens is 1. The number of sulfonamides is 1. The molecule has 3 aliphatic rings. The molecule has 1 saturated carbocycles. The van der Waals surface area contributed by atoms with Gasteiger partial charge in [0, 0.05) is 49.9 Å². The Hall–Kier alpha value is -2.97. The van der Waals surface area contributed by atoms with Crippen LogP contribution in [0.4, 0.5) is 4.79 Å². The molecule has 0 saturated heterocycles. The number of rotatable bonds is 4. The molecule has 1 aliphatic heterocycles. The van der Waals surface area contributed by atoms with Gasteiger partial charge in [0.1, 0.15) is 0 Å². The van der Waals surface area contributed by atoms with Crippen LogP contribution in [0.25, 0.3) is 16.7 Å². The van der Waals surface area contributed by atoms with Crippen molar-refractivity contribution in [1.29, 1.82) is 0 Å². The maximum Gasteiger partial charge on any atom is 0.320 e. The molecular formula is C26H30N4O3S. The number of pyridine rings is 1. The molecule has 0 unspecified atom stereocenters. The first-order chi connectivity index (χ1) is 16.3. The molecule has 0 radical (unpaired) electrons. The molecule has 2 amide bonds. The summed E-state index contributed by atoms with van der Waals surface area (Å²) in [5.41, 5.74) is 6.43. The molecular weight excluding hydrogens is 448 g/mol. The molecule has 0 spiro atoms. The number of hydrogen-bond acceptors (Lipinski definition) is 4. The predicted molar refractivity (Wildman–Crippen MR) is 132 cm³/mol. The van der Waals surface area contributed by atoms with E-state index in [1.165, 1.54) is 36.1 Å². The Bertz CT molecular complexity index is 1280. The fourth-order valence-corrected chi connectivity index (χ4v) is 5.77. The number of hydrogen-bond donors (Lipinski definition) is 1. The lowest BCUT2D eigenvalue weighted by Gasteiger charge is -2.33. The highest BCUT2D eigenvalue weighted by atomic mass is 32.2. The van der Waals surface area contributed by atoms with Gasteiger partial charge in [-0.2, -0.15) is 0 Å². The summed E-state index contributed by atoms with van der Waals surface area (Å²) in [6, 6.07) is 9.19. The number of nitrogens with zero attached hydrogens (tertiary/aromatic N) is 3. The van der Waals surface area contributed by atoms with Crippen LogP contribution >= 0.6 is 0 Å². The van der Waals surface area contributed by atoms with Crippen molar-refractivity contribution in [2.45, 2.75) is 49.5 Å². The van der Waals surface area contributed by atoms with Crippen LogP contribution < -0.4 is 5.14 Å². The highest BCUT2D eigenvalue weighted by molar-refractivity contribution is 7.89. The van der Waals surface area contributed by atoms with Gasteiger partial charge in [0.25, 0.3) is 0 Å². The Morgan fingerprint density at radius 1 is 1.12 bits per heavy atom. The predicted octanol–water partition coefficient (Wildman–Crippen LogP) is 3.96. The van der Waals surface area contributed by atoms with Crippen LogP contribution in [0.5, 0.6) is 0 Å². The zero-order valence-electron chi connectivity index (χ0n) is 19.4. The fourth-order valence-electron chi connectivity index (χ4n) is 5.25. The third-order valence-electron chi connectivity index (χ3n) is 7.28. The van der Waals surface area contributed by atoms with E-state index < -0.39 is 10.0 Å². The average Bonchev–Trinajstić information content (AvgIpc) is 3.53. The van der Waals surface area contributed by atoms with Gasteiger partial charge in [-0.25, -0.2) is 18.4 Å². The highest BCUT2D eigenvalue weighted by Gasteiger charge is 2.29. The van der Waals surface area contributed by atoms with Gasteiger partial charge in [-0.1, -0.05) is 37.1 Å². The summed E-state index contributed by atoms with van der Waals surface area (Å²) < 4.78 is 23.1. The molecule has 0 bridgehead atoms. The molecule has 2 aliphatic carbocycles. The van der Waals surface area contributed by atoms with E-state index in [2.05, 4.69) is 23.2 Å². The molecule has 2 heterocycles. The zero-order chi connectivity index (χ0) is 23.9. The number of amides is 2.